The topological polar surface area (TPSA) is 90.1 Å². The molecule has 0 unspecified atom stereocenters. The van der Waals surface area contributed by atoms with Crippen molar-refractivity contribution in [1.29, 1.82) is 0 Å². The third-order valence-electron chi connectivity index (χ3n) is 4.39. The van der Waals surface area contributed by atoms with Gasteiger partial charge in [0, 0.05) is 10.8 Å². The Labute approximate surface area is 180 Å². The summed E-state index contributed by atoms with van der Waals surface area (Å²) in [5.41, 5.74) is 0.626. The van der Waals surface area contributed by atoms with Gasteiger partial charge in [0.15, 0.2) is 5.82 Å². The van der Waals surface area contributed by atoms with Gasteiger partial charge in [-0.05, 0) is 32.9 Å². The number of carbonyl (C=O) groups is 1. The van der Waals surface area contributed by atoms with Crippen LogP contribution < -0.4 is 10.1 Å². The molecule has 8 heteroatoms. The van der Waals surface area contributed by atoms with Gasteiger partial charge in [0.05, 0.1) is 29.8 Å². The average Bonchev–Trinajstić information content (AvgIpc) is 3.31. The first-order valence-corrected chi connectivity index (χ1v) is 10.8. The normalized spacial score (nSPS) is 12.1. The molecule has 0 aliphatic carbocycles. The lowest BCUT2D eigenvalue weighted by Gasteiger charge is -2.22. The second kappa shape index (κ2) is 8.55. The quantitative estimate of drug-likeness (QED) is 0.597. The molecule has 0 aliphatic heterocycles. The van der Waals surface area contributed by atoms with Crippen LogP contribution in [0.25, 0.3) is 10.6 Å². The molecule has 0 fully saturated rings. The van der Waals surface area contributed by atoms with Crippen molar-refractivity contribution < 1.29 is 14.1 Å². The summed E-state index contributed by atoms with van der Waals surface area (Å²) in [7, 11) is 0. The molecular formula is C22H28N4O3S. The van der Waals surface area contributed by atoms with E-state index in [2.05, 4.69) is 20.4 Å². The molecule has 30 heavy (non-hydrogen) atoms. The van der Waals surface area contributed by atoms with Crippen LogP contribution in [0.15, 0.2) is 34.2 Å². The zero-order valence-corrected chi connectivity index (χ0v) is 19.1. The monoisotopic (exact) mass is 428 g/mol. The summed E-state index contributed by atoms with van der Waals surface area (Å²) in [6.45, 7) is 12.2. The van der Waals surface area contributed by atoms with E-state index in [1.54, 1.807) is 0 Å². The molecule has 1 N–H and O–H groups in total. The van der Waals surface area contributed by atoms with Crippen molar-refractivity contribution in [2.24, 2.45) is 0 Å². The molecule has 0 saturated heterocycles. The number of nitrogens with one attached hydrogen (secondary N) is 1. The van der Waals surface area contributed by atoms with Gasteiger partial charge in [-0.3, -0.25) is 4.79 Å². The summed E-state index contributed by atoms with van der Waals surface area (Å²) in [6, 6.07) is 7.78. The minimum absolute atomic E-state index is 0.156. The summed E-state index contributed by atoms with van der Waals surface area (Å²) in [4.78, 5) is 21.8. The first-order valence-electron chi connectivity index (χ1n) is 9.92. The van der Waals surface area contributed by atoms with Crippen LogP contribution in [0.1, 0.15) is 59.0 Å². The number of amides is 1. The highest BCUT2D eigenvalue weighted by molar-refractivity contribution is 7.13. The lowest BCUT2D eigenvalue weighted by atomic mass is 9.97. The smallest absolute Gasteiger partial charge is 0.232 e. The molecule has 0 aliphatic rings. The molecular weight excluding hydrogens is 400 g/mol. The molecule has 0 spiro atoms. The Bertz CT molecular complexity index is 1020. The van der Waals surface area contributed by atoms with Crippen LogP contribution >= 0.6 is 11.3 Å². The number of nitrogens with zero attached hydrogens (tertiary/aromatic N) is 3. The van der Waals surface area contributed by atoms with Gasteiger partial charge < -0.3 is 14.6 Å². The van der Waals surface area contributed by atoms with Crippen LogP contribution in [0.2, 0.25) is 0 Å². The number of benzene rings is 1. The Morgan fingerprint density at radius 1 is 1.17 bits per heavy atom. The lowest BCUT2D eigenvalue weighted by molar-refractivity contribution is -0.122. The van der Waals surface area contributed by atoms with Gasteiger partial charge in [0.1, 0.15) is 10.8 Å². The molecule has 2 aromatic heterocycles. The van der Waals surface area contributed by atoms with E-state index < -0.39 is 5.54 Å². The fourth-order valence-electron chi connectivity index (χ4n) is 2.83. The fraction of sp³-hybridized carbons (Fsp3) is 0.455. The molecule has 1 aromatic carbocycles. The maximum atomic E-state index is 12.7. The van der Waals surface area contributed by atoms with Crippen molar-refractivity contribution in [3.8, 4) is 16.3 Å². The van der Waals surface area contributed by atoms with Crippen molar-refractivity contribution in [3.63, 3.8) is 0 Å². The van der Waals surface area contributed by atoms with E-state index in [-0.39, 0.29) is 17.7 Å². The van der Waals surface area contributed by atoms with Gasteiger partial charge in [0.2, 0.25) is 11.8 Å². The van der Waals surface area contributed by atoms with Gasteiger partial charge in [-0.25, -0.2) is 4.98 Å². The summed E-state index contributed by atoms with van der Waals surface area (Å²) < 4.78 is 11.1. The van der Waals surface area contributed by atoms with Crippen molar-refractivity contribution >= 4 is 17.2 Å². The van der Waals surface area contributed by atoms with Crippen molar-refractivity contribution in [1.82, 2.24) is 20.4 Å². The van der Waals surface area contributed by atoms with Crippen LogP contribution in [-0.4, -0.2) is 27.6 Å². The van der Waals surface area contributed by atoms with Crippen LogP contribution in [0, 0.1) is 0 Å². The van der Waals surface area contributed by atoms with Gasteiger partial charge in [0.25, 0.3) is 0 Å². The van der Waals surface area contributed by atoms with Gasteiger partial charge in [-0.15, -0.1) is 11.3 Å². The highest BCUT2D eigenvalue weighted by Crippen LogP contribution is 2.32. The maximum Gasteiger partial charge on any atom is 0.232 e. The predicted molar refractivity (Wildman–Crippen MR) is 117 cm³/mol. The SMILES string of the molecule is CCOc1ccccc1-c1nc(CC(=O)NC(C)(C)c2noc(C(C)(C)C)n2)cs1. The number of para-hydroxylation sites is 1. The van der Waals surface area contributed by atoms with E-state index in [4.69, 9.17) is 9.26 Å². The van der Waals surface area contributed by atoms with Gasteiger partial charge in [-0.2, -0.15) is 4.98 Å². The number of hydrogen-bond acceptors (Lipinski definition) is 7. The molecule has 3 rings (SSSR count). The van der Waals surface area contributed by atoms with Crippen LogP contribution in [0.3, 0.4) is 0 Å². The Morgan fingerprint density at radius 3 is 2.57 bits per heavy atom. The minimum Gasteiger partial charge on any atom is -0.493 e. The molecule has 0 atom stereocenters. The average molecular weight is 429 g/mol. The standard InChI is InChI=1S/C22H28N4O3S/c1-7-28-16-11-9-8-10-15(16)18-23-14(13-30-18)12-17(27)25-22(5,6)19-24-20(29-26-19)21(2,3)4/h8-11,13H,7,12H2,1-6H3,(H,25,27). The molecule has 7 nitrogen and oxygen atoms in total. The molecule has 1 amide bonds. The Balaban J connectivity index is 1.69. The van der Waals surface area contributed by atoms with Crippen LogP contribution in [-0.2, 0) is 22.2 Å². The van der Waals surface area contributed by atoms with E-state index in [9.17, 15) is 4.79 Å². The Morgan fingerprint density at radius 2 is 1.90 bits per heavy atom. The van der Waals surface area contributed by atoms with E-state index in [1.165, 1.54) is 11.3 Å². The molecule has 2 heterocycles. The van der Waals surface area contributed by atoms with E-state index in [0.717, 1.165) is 16.3 Å². The zero-order chi connectivity index (χ0) is 21.9. The minimum atomic E-state index is -0.759. The second-order valence-corrected chi connectivity index (χ2v) is 9.45. The number of carbonyl (C=O) groups excluding carboxylic acids is 1. The zero-order valence-electron chi connectivity index (χ0n) is 18.3. The Kier molecular flexibility index (Phi) is 6.26. The highest BCUT2D eigenvalue weighted by atomic mass is 32.1. The Hall–Kier alpha value is -2.74. The molecule has 3 aromatic rings. The number of ether oxygens (including phenoxy) is 1. The number of thiazole rings is 1. The van der Waals surface area contributed by atoms with E-state index in [0.29, 0.717) is 24.0 Å². The third kappa shape index (κ3) is 5.05. The van der Waals surface area contributed by atoms with Crippen LogP contribution in [0.5, 0.6) is 5.75 Å². The maximum absolute atomic E-state index is 12.7. The molecule has 0 saturated carbocycles. The second-order valence-electron chi connectivity index (χ2n) is 8.60. The number of aromatic nitrogens is 3. The van der Waals surface area contributed by atoms with E-state index in [1.807, 2.05) is 71.2 Å². The van der Waals surface area contributed by atoms with Crippen molar-refractivity contribution in [2.75, 3.05) is 6.61 Å². The van der Waals surface area contributed by atoms with Gasteiger partial charge >= 0.3 is 0 Å². The lowest BCUT2D eigenvalue weighted by Crippen LogP contribution is -2.42. The number of hydrogen-bond donors (Lipinski definition) is 1. The molecule has 160 valence electrons. The first kappa shape index (κ1) is 22.0. The summed E-state index contributed by atoms with van der Waals surface area (Å²) in [5.74, 6) is 1.62. The third-order valence-corrected chi connectivity index (χ3v) is 5.31. The predicted octanol–water partition coefficient (Wildman–Crippen LogP) is 4.48. The molecule has 0 bridgehead atoms. The molecule has 0 radical (unpaired) electrons. The fourth-order valence-corrected chi connectivity index (χ4v) is 3.68. The number of rotatable bonds is 7. The summed E-state index contributed by atoms with van der Waals surface area (Å²) in [5, 5.41) is 9.77. The largest absolute Gasteiger partial charge is 0.493 e. The van der Waals surface area contributed by atoms with Crippen molar-refractivity contribution in [3.05, 3.63) is 47.1 Å². The van der Waals surface area contributed by atoms with E-state index >= 15 is 0 Å². The van der Waals surface area contributed by atoms with Crippen molar-refractivity contribution in [2.45, 2.75) is 58.9 Å². The van der Waals surface area contributed by atoms with Gasteiger partial charge in [-0.1, -0.05) is 38.1 Å². The summed E-state index contributed by atoms with van der Waals surface area (Å²) >= 11 is 1.49. The first-order chi connectivity index (χ1) is 14.1. The van der Waals surface area contributed by atoms with Crippen LogP contribution in [0.4, 0.5) is 0 Å². The highest BCUT2D eigenvalue weighted by Gasteiger charge is 2.31. The summed E-state index contributed by atoms with van der Waals surface area (Å²) in [6.07, 6.45) is 0.167.